The van der Waals surface area contributed by atoms with Crippen LogP contribution >= 0.6 is 0 Å². The highest BCUT2D eigenvalue weighted by molar-refractivity contribution is 4.75. The van der Waals surface area contributed by atoms with Crippen LogP contribution < -0.4 is 0 Å². The molecule has 0 radical (unpaired) electrons. The van der Waals surface area contributed by atoms with Crippen molar-refractivity contribution in [2.45, 2.75) is 32.4 Å². The summed E-state index contributed by atoms with van der Waals surface area (Å²) in [6.07, 6.45) is -0.365. The maximum Gasteiger partial charge on any atom is 0.467 e. The van der Waals surface area contributed by atoms with E-state index in [-0.39, 0.29) is 12.8 Å². The lowest BCUT2D eigenvalue weighted by Gasteiger charge is -2.21. The predicted molar refractivity (Wildman–Crippen MR) is 52.7 cm³/mol. The minimum absolute atomic E-state index is 0.0107. The van der Waals surface area contributed by atoms with Crippen molar-refractivity contribution < 1.29 is 14.8 Å². The van der Waals surface area contributed by atoms with Gasteiger partial charge in [-0.1, -0.05) is 13.8 Å². The molecule has 0 saturated heterocycles. The van der Waals surface area contributed by atoms with Gasteiger partial charge in [-0.05, 0) is 6.42 Å². The van der Waals surface area contributed by atoms with Gasteiger partial charge in [0, 0.05) is 4.92 Å². The molecule has 16 heavy (non-hydrogen) atoms. The SMILES string of the molecule is CCC(C[N+](=O)[O-])C(CC)([N+](=O)[O-])[N+](=O)[O-]. The zero-order chi connectivity index (χ0) is 12.9. The molecule has 1 unspecified atom stereocenters. The van der Waals surface area contributed by atoms with Crippen LogP contribution in [-0.2, 0) is 0 Å². The van der Waals surface area contributed by atoms with E-state index < -0.39 is 32.9 Å². The summed E-state index contributed by atoms with van der Waals surface area (Å²) in [6, 6.07) is 0. The lowest BCUT2D eigenvalue weighted by Crippen LogP contribution is -2.54. The van der Waals surface area contributed by atoms with E-state index in [0.29, 0.717) is 0 Å². The van der Waals surface area contributed by atoms with Gasteiger partial charge in [-0.25, -0.2) is 0 Å². The predicted octanol–water partition coefficient (Wildman–Crippen LogP) is 0.949. The molecule has 0 aliphatic rings. The minimum atomic E-state index is -2.46. The zero-order valence-corrected chi connectivity index (χ0v) is 8.99. The zero-order valence-electron chi connectivity index (χ0n) is 8.99. The van der Waals surface area contributed by atoms with Crippen LogP contribution in [0.5, 0.6) is 0 Å². The van der Waals surface area contributed by atoms with Crippen LogP contribution in [0, 0.1) is 36.3 Å². The third-order valence-corrected chi connectivity index (χ3v) is 2.67. The molecule has 0 N–H and O–H groups in total. The summed E-state index contributed by atoms with van der Waals surface area (Å²) in [5, 5.41) is 32.0. The van der Waals surface area contributed by atoms with Crippen LogP contribution in [0.25, 0.3) is 0 Å². The second-order valence-electron chi connectivity index (χ2n) is 3.37. The fourth-order valence-electron chi connectivity index (χ4n) is 1.69. The number of nitro groups is 3. The molecule has 9 nitrogen and oxygen atoms in total. The van der Waals surface area contributed by atoms with Crippen LogP contribution in [0.3, 0.4) is 0 Å². The normalized spacial score (nSPS) is 13.1. The molecule has 0 saturated carbocycles. The summed E-state index contributed by atoms with van der Waals surface area (Å²) in [4.78, 5) is 29.2. The molecule has 9 heteroatoms. The summed E-state index contributed by atoms with van der Waals surface area (Å²) in [5.41, 5.74) is -2.46. The van der Waals surface area contributed by atoms with Crippen molar-refractivity contribution in [3.63, 3.8) is 0 Å². The molecule has 0 aliphatic heterocycles. The highest BCUT2D eigenvalue weighted by atomic mass is 16.7. The first-order valence-corrected chi connectivity index (χ1v) is 4.73. The lowest BCUT2D eigenvalue weighted by atomic mass is 9.88. The average molecular weight is 235 g/mol. The molecule has 0 aromatic rings. The van der Waals surface area contributed by atoms with Crippen molar-refractivity contribution in [2.75, 3.05) is 6.54 Å². The molecule has 0 bridgehead atoms. The summed E-state index contributed by atoms with van der Waals surface area (Å²) in [7, 11) is 0. The summed E-state index contributed by atoms with van der Waals surface area (Å²) in [6.45, 7) is 1.98. The number of hydrogen-bond donors (Lipinski definition) is 0. The van der Waals surface area contributed by atoms with Gasteiger partial charge in [-0.2, -0.15) is 0 Å². The van der Waals surface area contributed by atoms with Crippen LogP contribution in [-0.4, -0.2) is 27.0 Å². The molecule has 0 heterocycles. The van der Waals surface area contributed by atoms with Crippen LogP contribution in [0.1, 0.15) is 26.7 Å². The maximum atomic E-state index is 10.8. The molecule has 1 atom stereocenters. The standard InChI is InChI=1S/C7H13N3O6/c1-3-6(5-8(11)12)7(4-2,9(13)14)10(15)16/h6H,3-5H2,1-2H3. The maximum absolute atomic E-state index is 10.8. The second kappa shape index (κ2) is 5.33. The van der Waals surface area contributed by atoms with Crippen molar-refractivity contribution in [1.29, 1.82) is 0 Å². The molecular formula is C7H13N3O6. The Hall–Kier alpha value is -1.80. The van der Waals surface area contributed by atoms with Gasteiger partial charge in [-0.15, -0.1) is 0 Å². The molecule has 0 aliphatic carbocycles. The van der Waals surface area contributed by atoms with E-state index >= 15 is 0 Å². The minimum Gasteiger partial charge on any atom is -0.265 e. The molecule has 0 fully saturated rings. The van der Waals surface area contributed by atoms with Crippen molar-refractivity contribution >= 4 is 0 Å². The van der Waals surface area contributed by atoms with Gasteiger partial charge in [0.1, 0.15) is 0 Å². The Bertz CT molecular complexity index is 290. The molecule has 92 valence electrons. The van der Waals surface area contributed by atoms with E-state index in [4.69, 9.17) is 0 Å². The van der Waals surface area contributed by atoms with E-state index in [1.807, 2.05) is 0 Å². The average Bonchev–Trinajstić information content (AvgIpc) is 2.16. The van der Waals surface area contributed by atoms with E-state index in [9.17, 15) is 30.3 Å². The number of nitrogens with zero attached hydrogens (tertiary/aromatic N) is 3. The highest BCUT2D eigenvalue weighted by Crippen LogP contribution is 2.29. The molecule has 0 spiro atoms. The number of hydrogen-bond acceptors (Lipinski definition) is 6. The fourth-order valence-corrected chi connectivity index (χ4v) is 1.69. The largest absolute Gasteiger partial charge is 0.467 e. The third-order valence-electron chi connectivity index (χ3n) is 2.67. The second-order valence-corrected chi connectivity index (χ2v) is 3.37. The van der Waals surface area contributed by atoms with Gasteiger partial charge in [-0.3, -0.25) is 30.3 Å². The Balaban J connectivity index is 5.35. The van der Waals surface area contributed by atoms with Crippen LogP contribution in [0.15, 0.2) is 0 Å². The van der Waals surface area contributed by atoms with Gasteiger partial charge < -0.3 is 0 Å². The third kappa shape index (κ3) is 2.41. The quantitative estimate of drug-likeness (QED) is 0.366. The Kier molecular flexibility index (Phi) is 4.73. The van der Waals surface area contributed by atoms with E-state index in [0.717, 1.165) is 0 Å². The van der Waals surface area contributed by atoms with E-state index in [2.05, 4.69) is 0 Å². The molecular weight excluding hydrogens is 222 g/mol. The van der Waals surface area contributed by atoms with E-state index in [1.54, 1.807) is 0 Å². The Morgan fingerprint density at radius 2 is 1.50 bits per heavy atom. The highest BCUT2D eigenvalue weighted by Gasteiger charge is 2.62. The topological polar surface area (TPSA) is 129 Å². The van der Waals surface area contributed by atoms with Crippen molar-refractivity contribution in [3.05, 3.63) is 30.3 Å². The fraction of sp³-hybridized carbons (Fsp3) is 1.00. The Labute approximate surface area is 90.9 Å². The Morgan fingerprint density at radius 1 is 1.06 bits per heavy atom. The van der Waals surface area contributed by atoms with Crippen molar-refractivity contribution in [2.24, 2.45) is 5.92 Å². The van der Waals surface area contributed by atoms with Gasteiger partial charge in [0.15, 0.2) is 5.92 Å². The van der Waals surface area contributed by atoms with Crippen molar-refractivity contribution in [3.8, 4) is 0 Å². The van der Waals surface area contributed by atoms with Gasteiger partial charge >= 0.3 is 5.66 Å². The van der Waals surface area contributed by atoms with Crippen molar-refractivity contribution in [1.82, 2.24) is 0 Å². The van der Waals surface area contributed by atoms with Crippen LogP contribution in [0.2, 0.25) is 0 Å². The lowest BCUT2D eigenvalue weighted by molar-refractivity contribution is -0.811. The van der Waals surface area contributed by atoms with Gasteiger partial charge in [0.05, 0.1) is 16.3 Å². The Morgan fingerprint density at radius 3 is 1.69 bits per heavy atom. The molecule has 0 aromatic heterocycles. The number of rotatable bonds is 7. The van der Waals surface area contributed by atoms with E-state index in [1.165, 1.54) is 13.8 Å². The first-order chi connectivity index (χ1) is 7.32. The van der Waals surface area contributed by atoms with Crippen LogP contribution in [0.4, 0.5) is 0 Å². The summed E-state index contributed by atoms with van der Waals surface area (Å²) < 4.78 is 0. The summed E-state index contributed by atoms with van der Waals surface area (Å²) in [5.74, 6) is -1.21. The smallest absolute Gasteiger partial charge is 0.265 e. The first-order valence-electron chi connectivity index (χ1n) is 4.73. The van der Waals surface area contributed by atoms with Gasteiger partial charge in [0.25, 0.3) is 0 Å². The first kappa shape index (κ1) is 14.2. The summed E-state index contributed by atoms with van der Waals surface area (Å²) >= 11 is 0. The molecule has 0 rings (SSSR count). The molecule has 0 aromatic carbocycles. The van der Waals surface area contributed by atoms with Gasteiger partial charge in [0.2, 0.25) is 6.54 Å². The molecule has 0 amide bonds. The monoisotopic (exact) mass is 235 g/mol.